The lowest BCUT2D eigenvalue weighted by atomic mass is 9.87. The summed E-state index contributed by atoms with van der Waals surface area (Å²) in [6.45, 7) is 8.84. The molecule has 112 valence electrons. The third kappa shape index (κ3) is 3.65. The summed E-state index contributed by atoms with van der Waals surface area (Å²) < 4.78 is 0. The summed E-state index contributed by atoms with van der Waals surface area (Å²) in [5.74, 6) is 1.01. The molecule has 0 aliphatic carbocycles. The Morgan fingerprint density at radius 3 is 2.38 bits per heavy atom. The van der Waals surface area contributed by atoms with E-state index in [2.05, 4.69) is 56.9 Å². The fourth-order valence-corrected chi connectivity index (χ4v) is 2.97. The second-order valence-electron chi connectivity index (χ2n) is 5.87. The molecule has 1 nitrogen and oxygen atoms in total. The molecule has 0 atom stereocenters. The van der Waals surface area contributed by atoms with Crippen LogP contribution < -0.4 is 0 Å². The van der Waals surface area contributed by atoms with E-state index in [1.54, 1.807) is 0 Å². The minimum Gasteiger partial charge on any atom is -0.261 e. The van der Waals surface area contributed by atoms with Crippen molar-refractivity contribution in [3.8, 4) is 11.1 Å². The van der Waals surface area contributed by atoms with Gasteiger partial charge in [-0.05, 0) is 65.6 Å². The molecule has 0 saturated heterocycles. The van der Waals surface area contributed by atoms with Gasteiger partial charge in [-0.1, -0.05) is 45.4 Å². The van der Waals surface area contributed by atoms with Crippen LogP contribution in [0.25, 0.3) is 11.1 Å². The van der Waals surface area contributed by atoms with Gasteiger partial charge in [0, 0.05) is 16.9 Å². The summed E-state index contributed by atoms with van der Waals surface area (Å²) in [7, 11) is 0. The van der Waals surface area contributed by atoms with E-state index in [-0.39, 0.29) is 0 Å². The van der Waals surface area contributed by atoms with Gasteiger partial charge in [-0.2, -0.15) is 0 Å². The van der Waals surface area contributed by atoms with Gasteiger partial charge in [-0.25, -0.2) is 0 Å². The molecule has 0 fully saturated rings. The van der Waals surface area contributed by atoms with Gasteiger partial charge in [0.25, 0.3) is 0 Å². The van der Waals surface area contributed by atoms with Crippen LogP contribution in [0.1, 0.15) is 63.6 Å². The van der Waals surface area contributed by atoms with Crippen LogP contribution in [0.3, 0.4) is 0 Å². The van der Waals surface area contributed by atoms with Crippen molar-refractivity contribution >= 4 is 11.6 Å². The number of aromatic nitrogens is 1. The van der Waals surface area contributed by atoms with E-state index in [0.717, 1.165) is 23.6 Å². The van der Waals surface area contributed by atoms with Gasteiger partial charge >= 0.3 is 0 Å². The Balaban J connectivity index is 2.56. The smallest absolute Gasteiger partial charge is 0.0435 e. The molecular weight excluding hydrogens is 278 g/mol. The summed E-state index contributed by atoms with van der Waals surface area (Å²) in [6, 6.07) is 10.6. The first-order valence-corrected chi connectivity index (χ1v) is 8.20. The lowest BCUT2D eigenvalue weighted by Gasteiger charge is -2.19. The highest BCUT2D eigenvalue weighted by molar-refractivity contribution is 6.30. The van der Waals surface area contributed by atoms with Crippen molar-refractivity contribution in [2.24, 2.45) is 0 Å². The summed E-state index contributed by atoms with van der Waals surface area (Å²) in [4.78, 5) is 4.47. The number of hydrogen-bond acceptors (Lipinski definition) is 1. The first kappa shape index (κ1) is 16.0. The molecule has 0 bridgehead atoms. The molecule has 0 unspecified atom stereocenters. The zero-order valence-corrected chi connectivity index (χ0v) is 14.1. The van der Waals surface area contributed by atoms with Crippen molar-refractivity contribution < 1.29 is 0 Å². The molecule has 0 saturated carbocycles. The maximum Gasteiger partial charge on any atom is 0.0435 e. The van der Waals surface area contributed by atoms with E-state index in [0.29, 0.717) is 11.8 Å². The highest BCUT2D eigenvalue weighted by Gasteiger charge is 2.14. The fraction of sp³-hybridized carbons (Fsp3) is 0.421. The Kier molecular flexibility index (Phi) is 5.41. The Hall–Kier alpha value is -1.34. The zero-order chi connectivity index (χ0) is 15.4. The molecule has 0 N–H and O–H groups in total. The number of benzene rings is 1. The minimum atomic E-state index is 0.431. The van der Waals surface area contributed by atoms with Gasteiger partial charge in [0.05, 0.1) is 0 Å². The van der Waals surface area contributed by atoms with Gasteiger partial charge in [0.2, 0.25) is 0 Å². The lowest BCUT2D eigenvalue weighted by molar-refractivity contribution is 0.643. The number of hydrogen-bond donors (Lipinski definition) is 0. The van der Waals surface area contributed by atoms with Crippen molar-refractivity contribution in [2.45, 2.75) is 52.4 Å². The first-order chi connectivity index (χ1) is 10.1. The van der Waals surface area contributed by atoms with E-state index in [9.17, 15) is 0 Å². The molecule has 2 aromatic rings. The Morgan fingerprint density at radius 1 is 1.05 bits per heavy atom. The van der Waals surface area contributed by atoms with Crippen molar-refractivity contribution in [1.29, 1.82) is 0 Å². The van der Waals surface area contributed by atoms with Gasteiger partial charge < -0.3 is 0 Å². The van der Waals surface area contributed by atoms with Gasteiger partial charge in [0.15, 0.2) is 0 Å². The molecule has 0 spiro atoms. The molecule has 1 aromatic carbocycles. The average molecular weight is 302 g/mol. The predicted molar refractivity (Wildman–Crippen MR) is 92.1 cm³/mol. The van der Waals surface area contributed by atoms with E-state index in [1.165, 1.54) is 16.7 Å². The molecule has 1 aromatic heterocycles. The summed E-state index contributed by atoms with van der Waals surface area (Å²) in [6.07, 6.45) is 4.20. The maximum absolute atomic E-state index is 6.24. The number of nitrogens with zero attached hydrogens (tertiary/aromatic N) is 1. The van der Waals surface area contributed by atoms with Crippen molar-refractivity contribution in [1.82, 2.24) is 4.98 Å². The third-order valence-electron chi connectivity index (χ3n) is 4.12. The molecule has 0 aliphatic heterocycles. The van der Waals surface area contributed by atoms with Gasteiger partial charge in [-0.15, -0.1) is 0 Å². The highest BCUT2D eigenvalue weighted by atomic mass is 35.5. The SMILES string of the molecule is CCC(CC)c1ccc(Cl)cc1-c1ccnc(C(C)C)c1. The second-order valence-corrected chi connectivity index (χ2v) is 6.31. The quantitative estimate of drug-likeness (QED) is 0.620. The zero-order valence-electron chi connectivity index (χ0n) is 13.4. The molecule has 0 radical (unpaired) electrons. The molecular formula is C19H24ClN. The standard InChI is InChI=1S/C19H24ClN/c1-5-14(6-2)17-8-7-16(20)12-18(17)15-9-10-21-19(11-15)13(3)4/h7-14H,5-6H2,1-4H3. The van der Waals surface area contributed by atoms with Crippen LogP contribution in [-0.4, -0.2) is 4.98 Å². The topological polar surface area (TPSA) is 12.9 Å². The Bertz CT molecular complexity index is 600. The van der Waals surface area contributed by atoms with Crippen LogP contribution in [0.15, 0.2) is 36.5 Å². The molecule has 2 heteroatoms. The molecule has 2 rings (SSSR count). The summed E-state index contributed by atoms with van der Waals surface area (Å²) in [5, 5.41) is 0.794. The minimum absolute atomic E-state index is 0.431. The average Bonchev–Trinajstić information content (AvgIpc) is 2.50. The number of rotatable bonds is 5. The molecule has 0 aliphatic rings. The van der Waals surface area contributed by atoms with Crippen molar-refractivity contribution in [2.75, 3.05) is 0 Å². The Labute approximate surface area is 133 Å². The maximum atomic E-state index is 6.24. The molecule has 0 amide bonds. The molecule has 21 heavy (non-hydrogen) atoms. The summed E-state index contributed by atoms with van der Waals surface area (Å²) in [5.41, 5.74) is 4.99. The van der Waals surface area contributed by atoms with Gasteiger partial charge in [-0.3, -0.25) is 4.98 Å². The van der Waals surface area contributed by atoms with E-state index >= 15 is 0 Å². The fourth-order valence-electron chi connectivity index (χ4n) is 2.79. The van der Waals surface area contributed by atoms with Crippen LogP contribution in [0.5, 0.6) is 0 Å². The van der Waals surface area contributed by atoms with E-state index in [4.69, 9.17) is 11.6 Å². The predicted octanol–water partition coefficient (Wildman–Crippen LogP) is 6.43. The Morgan fingerprint density at radius 2 is 1.76 bits per heavy atom. The number of halogens is 1. The van der Waals surface area contributed by atoms with E-state index in [1.807, 2.05) is 12.3 Å². The normalized spacial score (nSPS) is 11.4. The van der Waals surface area contributed by atoms with Crippen LogP contribution in [0.4, 0.5) is 0 Å². The van der Waals surface area contributed by atoms with Crippen LogP contribution in [0.2, 0.25) is 5.02 Å². The van der Waals surface area contributed by atoms with E-state index < -0.39 is 0 Å². The number of pyridine rings is 1. The van der Waals surface area contributed by atoms with Crippen molar-refractivity contribution in [3.63, 3.8) is 0 Å². The van der Waals surface area contributed by atoms with Gasteiger partial charge in [0.1, 0.15) is 0 Å². The lowest BCUT2D eigenvalue weighted by Crippen LogP contribution is -2.00. The van der Waals surface area contributed by atoms with Crippen LogP contribution >= 0.6 is 11.6 Å². The largest absolute Gasteiger partial charge is 0.261 e. The summed E-state index contributed by atoms with van der Waals surface area (Å²) >= 11 is 6.24. The monoisotopic (exact) mass is 301 g/mol. The van der Waals surface area contributed by atoms with Crippen LogP contribution in [0, 0.1) is 0 Å². The molecule has 1 heterocycles. The highest BCUT2D eigenvalue weighted by Crippen LogP contribution is 2.35. The third-order valence-corrected chi connectivity index (χ3v) is 4.36. The first-order valence-electron chi connectivity index (χ1n) is 7.82. The van der Waals surface area contributed by atoms with Crippen molar-refractivity contribution in [3.05, 3.63) is 52.8 Å². The second kappa shape index (κ2) is 7.09. The van der Waals surface area contributed by atoms with Crippen LogP contribution in [-0.2, 0) is 0 Å².